The average Bonchev–Trinajstić information content (AvgIpc) is 3.88. The van der Waals surface area contributed by atoms with Crippen LogP contribution >= 0.6 is 22.7 Å². The third kappa shape index (κ3) is 4.25. The zero-order valence-corrected chi connectivity index (χ0v) is 29.7. The molecule has 0 radical (unpaired) electrons. The molecule has 0 aliphatic rings. The Hall–Kier alpha value is -6.47. The molecule has 5 heterocycles. The summed E-state index contributed by atoms with van der Waals surface area (Å²) < 4.78 is 6.12. The van der Waals surface area contributed by atoms with Crippen molar-refractivity contribution in [3.63, 3.8) is 0 Å². The summed E-state index contributed by atoms with van der Waals surface area (Å²) in [6.45, 7) is 0. The number of rotatable bonds is 3. The van der Waals surface area contributed by atoms with E-state index in [9.17, 15) is 0 Å². The van der Waals surface area contributed by atoms with Crippen LogP contribution in [-0.4, -0.2) is 19.5 Å². The number of nitrogens with zero attached hydrogens (tertiary/aromatic N) is 4. The van der Waals surface area contributed by atoms with Crippen LogP contribution in [0.5, 0.6) is 0 Å². The summed E-state index contributed by atoms with van der Waals surface area (Å²) in [5.41, 5.74) is 8.96. The summed E-state index contributed by atoms with van der Waals surface area (Å²) in [5, 5.41) is 9.66. The molecule has 7 aromatic carbocycles. The fourth-order valence-corrected chi connectivity index (χ4v) is 10.4. The lowest BCUT2D eigenvalue weighted by molar-refractivity contribution is 1.19. The van der Waals surface area contributed by atoms with Gasteiger partial charge in [-0.2, -0.15) is 0 Å². The van der Waals surface area contributed by atoms with Crippen LogP contribution in [0, 0.1) is 0 Å². The average molecular weight is 711 g/mol. The van der Waals surface area contributed by atoms with Crippen LogP contribution in [-0.2, 0) is 0 Å². The van der Waals surface area contributed by atoms with Crippen LogP contribution in [0.1, 0.15) is 0 Å². The number of benzene rings is 7. The summed E-state index contributed by atoms with van der Waals surface area (Å²) >= 11 is 3.52. The van der Waals surface area contributed by atoms with E-state index in [0.29, 0.717) is 0 Å². The molecule has 0 aliphatic carbocycles. The summed E-state index contributed by atoms with van der Waals surface area (Å²) in [5.74, 6) is 0. The highest BCUT2D eigenvalue weighted by atomic mass is 32.1. The van der Waals surface area contributed by atoms with Crippen molar-refractivity contribution in [1.29, 1.82) is 0 Å². The van der Waals surface area contributed by atoms with Crippen LogP contribution in [0.25, 0.3) is 112 Å². The quantitative estimate of drug-likeness (QED) is 0.183. The molecular formula is C47H26N4S2. The van der Waals surface area contributed by atoms with Crippen LogP contribution in [0.4, 0.5) is 0 Å². The maximum absolute atomic E-state index is 5.51. The summed E-state index contributed by atoms with van der Waals surface area (Å²) in [6, 6.07) is 54.5. The van der Waals surface area contributed by atoms with Gasteiger partial charge in [0.2, 0.25) is 0 Å². The molecule has 0 saturated carbocycles. The molecule has 53 heavy (non-hydrogen) atoms. The molecule has 4 nitrogen and oxygen atoms in total. The molecule has 6 heteroatoms. The topological polar surface area (TPSA) is 43.6 Å². The zero-order valence-electron chi connectivity index (χ0n) is 28.1. The lowest BCUT2D eigenvalue weighted by atomic mass is 9.99. The molecule has 0 fully saturated rings. The zero-order chi connectivity index (χ0) is 34.6. The molecule has 0 N–H and O–H groups in total. The number of hydrogen-bond donors (Lipinski definition) is 0. The molecule has 12 aromatic rings. The smallest absolute Gasteiger partial charge is 0.143 e. The van der Waals surface area contributed by atoms with Crippen molar-refractivity contribution in [3.05, 3.63) is 158 Å². The second kappa shape index (κ2) is 11.0. The van der Waals surface area contributed by atoms with Crippen LogP contribution in [0.2, 0.25) is 0 Å². The molecule has 12 rings (SSSR count). The molecule has 5 aromatic heterocycles. The van der Waals surface area contributed by atoms with E-state index in [2.05, 4.69) is 150 Å². The molecule has 0 bridgehead atoms. The first kappa shape index (κ1) is 29.1. The predicted molar refractivity (Wildman–Crippen MR) is 226 cm³/mol. The van der Waals surface area contributed by atoms with E-state index >= 15 is 0 Å². The molecule has 0 atom stereocenters. The highest BCUT2D eigenvalue weighted by Crippen LogP contribution is 2.43. The van der Waals surface area contributed by atoms with Gasteiger partial charge in [0.1, 0.15) is 10.3 Å². The lowest BCUT2D eigenvalue weighted by Crippen LogP contribution is -1.99. The van der Waals surface area contributed by atoms with Gasteiger partial charge >= 0.3 is 0 Å². The van der Waals surface area contributed by atoms with Gasteiger partial charge in [0.15, 0.2) is 0 Å². The van der Waals surface area contributed by atoms with E-state index in [0.717, 1.165) is 54.8 Å². The fraction of sp³-hybridized carbons (Fsp3) is 0. The van der Waals surface area contributed by atoms with Gasteiger partial charge in [-0.3, -0.25) is 4.98 Å². The van der Waals surface area contributed by atoms with Gasteiger partial charge in [0.25, 0.3) is 0 Å². The Morgan fingerprint density at radius 3 is 2.04 bits per heavy atom. The SMILES string of the molecule is c1ccc2cc3c(cc2c1)c1ccccc1n3-c1ccc(-c2nc3c(nc2-c2ccc4c(c2)sc2ccccc24)sc2ccccc23)c2ncccc12. The van der Waals surface area contributed by atoms with Crippen molar-refractivity contribution in [1.82, 2.24) is 19.5 Å². The van der Waals surface area contributed by atoms with Crippen LogP contribution in [0.15, 0.2) is 158 Å². The van der Waals surface area contributed by atoms with E-state index in [1.807, 2.05) is 23.6 Å². The lowest BCUT2D eigenvalue weighted by Gasteiger charge is -2.16. The minimum Gasteiger partial charge on any atom is -0.309 e. The predicted octanol–water partition coefficient (Wildman–Crippen LogP) is 13.3. The van der Waals surface area contributed by atoms with Crippen LogP contribution < -0.4 is 0 Å². The van der Waals surface area contributed by atoms with E-state index in [4.69, 9.17) is 15.0 Å². The van der Waals surface area contributed by atoms with E-state index in [-0.39, 0.29) is 0 Å². The number of thiophene rings is 2. The van der Waals surface area contributed by atoms with Crippen LogP contribution in [0.3, 0.4) is 0 Å². The maximum Gasteiger partial charge on any atom is 0.143 e. The number of fused-ring (bicyclic) bond motifs is 11. The molecule has 246 valence electrons. The molecule has 0 amide bonds. The minimum absolute atomic E-state index is 0.838. The maximum atomic E-state index is 5.51. The van der Waals surface area contributed by atoms with Gasteiger partial charge in [-0.25, -0.2) is 9.97 Å². The van der Waals surface area contributed by atoms with Gasteiger partial charge in [-0.05, 0) is 71.4 Å². The Kier molecular flexibility index (Phi) is 6.06. The normalized spacial score (nSPS) is 12.2. The molecule has 0 aliphatic heterocycles. The van der Waals surface area contributed by atoms with E-state index < -0.39 is 0 Å². The first-order valence-corrected chi connectivity index (χ1v) is 19.3. The minimum atomic E-state index is 0.838. The van der Waals surface area contributed by atoms with Crippen molar-refractivity contribution in [2.45, 2.75) is 0 Å². The Balaban J connectivity index is 1.15. The molecular weight excluding hydrogens is 685 g/mol. The number of para-hydroxylation sites is 1. The van der Waals surface area contributed by atoms with Gasteiger partial charge in [0.05, 0.1) is 33.6 Å². The third-order valence-electron chi connectivity index (χ3n) is 10.6. The first-order chi connectivity index (χ1) is 26.3. The van der Waals surface area contributed by atoms with Gasteiger partial charge in [-0.15, -0.1) is 22.7 Å². The molecule has 0 unspecified atom stereocenters. The van der Waals surface area contributed by atoms with Crippen molar-refractivity contribution >= 4 is 107 Å². The van der Waals surface area contributed by atoms with Crippen molar-refractivity contribution in [2.75, 3.05) is 0 Å². The van der Waals surface area contributed by atoms with E-state index in [1.165, 1.54) is 57.5 Å². The highest BCUT2D eigenvalue weighted by Gasteiger charge is 2.22. The van der Waals surface area contributed by atoms with Crippen molar-refractivity contribution < 1.29 is 0 Å². The number of pyridine rings is 1. The largest absolute Gasteiger partial charge is 0.309 e. The van der Waals surface area contributed by atoms with Gasteiger partial charge in [-0.1, -0.05) is 91.0 Å². The number of aromatic nitrogens is 4. The second-order valence-electron chi connectivity index (χ2n) is 13.6. The van der Waals surface area contributed by atoms with Crippen molar-refractivity contribution in [3.8, 4) is 28.2 Å². The summed E-state index contributed by atoms with van der Waals surface area (Å²) in [7, 11) is 0. The first-order valence-electron chi connectivity index (χ1n) is 17.7. The summed E-state index contributed by atoms with van der Waals surface area (Å²) in [6.07, 6.45) is 1.89. The van der Waals surface area contributed by atoms with E-state index in [1.54, 1.807) is 11.3 Å². The molecule has 0 saturated heterocycles. The van der Waals surface area contributed by atoms with Gasteiger partial charge < -0.3 is 4.57 Å². The fourth-order valence-electron chi connectivity index (χ4n) is 8.24. The highest BCUT2D eigenvalue weighted by molar-refractivity contribution is 7.26. The standard InChI is InChI=1S/C47H26N4S2/c1-2-11-28-25-39-36(24-27(28)10-1)30-12-3-6-16-37(30)51(39)38-22-21-35(44-33(38)15-9-23-48-44)45-43(50-47-46(49-45)34-14-5-8-18-41(34)53-47)29-19-20-32-31-13-4-7-17-40(31)52-42(32)26-29/h1-26H. The Bertz CT molecular complexity index is 3480. The second-order valence-corrected chi connectivity index (χ2v) is 15.7. The molecule has 0 spiro atoms. The monoisotopic (exact) mass is 710 g/mol. The van der Waals surface area contributed by atoms with Gasteiger partial charge in [0, 0.05) is 63.7 Å². The third-order valence-corrected chi connectivity index (χ3v) is 12.8. The van der Waals surface area contributed by atoms with Crippen molar-refractivity contribution in [2.24, 2.45) is 0 Å². The Morgan fingerprint density at radius 2 is 1.15 bits per heavy atom. The summed E-state index contributed by atoms with van der Waals surface area (Å²) in [4.78, 5) is 17.0. The Labute approximate surface area is 310 Å². The number of hydrogen-bond acceptors (Lipinski definition) is 5. The Morgan fingerprint density at radius 1 is 0.434 bits per heavy atom.